The highest BCUT2D eigenvalue weighted by molar-refractivity contribution is 5.95. The lowest BCUT2D eigenvalue weighted by Crippen LogP contribution is -2.52. The van der Waals surface area contributed by atoms with Crippen LogP contribution < -0.4 is 10.6 Å². The molecule has 0 aromatic carbocycles. The van der Waals surface area contributed by atoms with E-state index in [9.17, 15) is 9.59 Å². The summed E-state index contributed by atoms with van der Waals surface area (Å²) in [7, 11) is 0. The average Bonchev–Trinajstić information content (AvgIpc) is 3.12. The van der Waals surface area contributed by atoms with Crippen LogP contribution in [0.4, 0.5) is 0 Å². The van der Waals surface area contributed by atoms with Crippen LogP contribution >= 0.6 is 0 Å². The predicted molar refractivity (Wildman–Crippen MR) is 97.2 cm³/mol. The molecule has 0 aliphatic carbocycles. The van der Waals surface area contributed by atoms with Gasteiger partial charge in [-0.25, -0.2) is 0 Å². The first-order valence-corrected chi connectivity index (χ1v) is 9.24. The summed E-state index contributed by atoms with van der Waals surface area (Å²) < 4.78 is 5.09. The van der Waals surface area contributed by atoms with Crippen LogP contribution in [0.5, 0.6) is 0 Å². The molecule has 0 bridgehead atoms. The van der Waals surface area contributed by atoms with Crippen LogP contribution in [0.15, 0.2) is 22.8 Å². The summed E-state index contributed by atoms with van der Waals surface area (Å²) >= 11 is 0. The number of furan rings is 1. The van der Waals surface area contributed by atoms with Gasteiger partial charge in [0.25, 0.3) is 5.91 Å². The average molecular weight is 349 g/mol. The van der Waals surface area contributed by atoms with E-state index in [-0.39, 0.29) is 23.5 Å². The molecule has 1 aliphatic heterocycles. The Hall–Kier alpha value is -1.82. The lowest BCUT2D eigenvalue weighted by Gasteiger charge is -2.35. The Balaban J connectivity index is 1.84. The molecule has 2 rings (SSSR count). The third kappa shape index (κ3) is 5.59. The maximum atomic E-state index is 12.6. The van der Waals surface area contributed by atoms with Crippen molar-refractivity contribution in [1.82, 2.24) is 15.5 Å². The van der Waals surface area contributed by atoms with E-state index in [1.165, 1.54) is 19.1 Å². The molecule has 2 atom stereocenters. The molecule has 2 amide bonds. The minimum atomic E-state index is -0.578. The maximum Gasteiger partial charge on any atom is 0.287 e. The van der Waals surface area contributed by atoms with Crippen LogP contribution in [0.25, 0.3) is 0 Å². The molecule has 0 saturated carbocycles. The van der Waals surface area contributed by atoms with Crippen LogP contribution in [0.2, 0.25) is 0 Å². The van der Waals surface area contributed by atoms with Crippen LogP contribution in [-0.2, 0) is 4.79 Å². The monoisotopic (exact) mass is 349 g/mol. The second-order valence-corrected chi connectivity index (χ2v) is 7.49. The summed E-state index contributed by atoms with van der Waals surface area (Å²) in [6.45, 7) is 11.0. The largest absolute Gasteiger partial charge is 0.459 e. The van der Waals surface area contributed by atoms with Gasteiger partial charge in [-0.3, -0.25) is 14.5 Å². The fourth-order valence-corrected chi connectivity index (χ4v) is 3.11. The van der Waals surface area contributed by atoms with E-state index in [2.05, 4.69) is 29.4 Å². The summed E-state index contributed by atoms with van der Waals surface area (Å²) in [5, 5.41) is 5.77. The summed E-state index contributed by atoms with van der Waals surface area (Å²) in [5.74, 6) is 0.489. The van der Waals surface area contributed by atoms with E-state index in [4.69, 9.17) is 4.42 Å². The number of nitrogens with one attached hydrogen (secondary N) is 2. The zero-order chi connectivity index (χ0) is 18.4. The molecule has 25 heavy (non-hydrogen) atoms. The summed E-state index contributed by atoms with van der Waals surface area (Å²) in [6, 6.07) is 2.96. The van der Waals surface area contributed by atoms with Crippen molar-refractivity contribution in [2.45, 2.75) is 52.6 Å². The van der Waals surface area contributed by atoms with Gasteiger partial charge in [-0.2, -0.15) is 0 Å². The molecule has 0 spiro atoms. The summed E-state index contributed by atoms with van der Waals surface area (Å²) in [5.41, 5.74) is 0. The Morgan fingerprint density at radius 3 is 2.52 bits per heavy atom. The van der Waals surface area contributed by atoms with E-state index < -0.39 is 6.04 Å². The first kappa shape index (κ1) is 19.5. The van der Waals surface area contributed by atoms with Gasteiger partial charge in [-0.05, 0) is 56.8 Å². The second kappa shape index (κ2) is 9.04. The molecule has 1 saturated heterocycles. The number of carbonyl (C=O) groups is 2. The van der Waals surface area contributed by atoms with Crippen LogP contribution in [0.1, 0.15) is 51.1 Å². The highest BCUT2D eigenvalue weighted by Crippen LogP contribution is 2.17. The molecule has 1 fully saturated rings. The van der Waals surface area contributed by atoms with Gasteiger partial charge in [0.15, 0.2) is 5.76 Å². The lowest BCUT2D eigenvalue weighted by molar-refractivity contribution is -0.124. The van der Waals surface area contributed by atoms with Gasteiger partial charge in [0.2, 0.25) is 5.91 Å². The number of hydrogen-bond acceptors (Lipinski definition) is 4. The van der Waals surface area contributed by atoms with Gasteiger partial charge in [0.05, 0.1) is 6.26 Å². The normalized spacial score (nSPS) is 18.8. The SMILES string of the molecule is CC1CCN([C@H](C)CNC(=O)[C@@H](NC(=O)c2ccco2)C(C)C)CC1. The Morgan fingerprint density at radius 1 is 1.28 bits per heavy atom. The molecule has 6 heteroatoms. The van der Waals surface area contributed by atoms with E-state index >= 15 is 0 Å². The van der Waals surface area contributed by atoms with Gasteiger partial charge < -0.3 is 15.1 Å². The molecule has 140 valence electrons. The summed E-state index contributed by atoms with van der Waals surface area (Å²) in [4.78, 5) is 27.1. The Kier molecular flexibility index (Phi) is 7.05. The van der Waals surface area contributed by atoms with Gasteiger partial charge >= 0.3 is 0 Å². The van der Waals surface area contributed by atoms with Gasteiger partial charge in [-0.15, -0.1) is 0 Å². The number of likely N-dealkylation sites (tertiary alicyclic amines) is 1. The minimum absolute atomic E-state index is 0.00921. The van der Waals surface area contributed by atoms with Gasteiger partial charge in [0, 0.05) is 12.6 Å². The van der Waals surface area contributed by atoms with Crippen LogP contribution in [-0.4, -0.2) is 48.4 Å². The lowest BCUT2D eigenvalue weighted by atomic mass is 9.98. The Morgan fingerprint density at radius 2 is 1.96 bits per heavy atom. The number of nitrogens with zero attached hydrogens (tertiary/aromatic N) is 1. The topological polar surface area (TPSA) is 74.6 Å². The molecule has 2 N–H and O–H groups in total. The number of piperidine rings is 1. The zero-order valence-electron chi connectivity index (χ0n) is 15.7. The van der Waals surface area contributed by atoms with Crippen molar-refractivity contribution in [2.75, 3.05) is 19.6 Å². The molecule has 1 aliphatic rings. The first-order valence-electron chi connectivity index (χ1n) is 9.24. The Labute approximate surface area is 150 Å². The predicted octanol–water partition coefficient (Wildman–Crippen LogP) is 2.27. The minimum Gasteiger partial charge on any atom is -0.459 e. The Bertz CT molecular complexity index is 548. The number of amides is 2. The molecule has 0 radical (unpaired) electrons. The van der Waals surface area contributed by atoms with Crippen LogP contribution in [0.3, 0.4) is 0 Å². The fraction of sp³-hybridized carbons (Fsp3) is 0.684. The van der Waals surface area contributed by atoms with Crippen molar-refractivity contribution in [1.29, 1.82) is 0 Å². The number of hydrogen-bond donors (Lipinski definition) is 2. The third-order valence-electron chi connectivity index (χ3n) is 4.99. The second-order valence-electron chi connectivity index (χ2n) is 7.49. The van der Waals surface area contributed by atoms with Crippen molar-refractivity contribution in [3.8, 4) is 0 Å². The first-order chi connectivity index (χ1) is 11.9. The molecular weight excluding hydrogens is 318 g/mol. The number of rotatable bonds is 7. The van der Waals surface area contributed by atoms with Crippen LogP contribution in [0, 0.1) is 11.8 Å². The van der Waals surface area contributed by atoms with Crippen molar-refractivity contribution >= 4 is 11.8 Å². The van der Waals surface area contributed by atoms with E-state index in [1.807, 2.05) is 13.8 Å². The fourth-order valence-electron chi connectivity index (χ4n) is 3.11. The smallest absolute Gasteiger partial charge is 0.287 e. The van der Waals surface area contributed by atoms with Gasteiger partial charge in [-0.1, -0.05) is 20.8 Å². The standard InChI is InChI=1S/C19H31N3O3/c1-13(2)17(21-18(23)16-6-5-11-25-16)19(24)20-12-15(4)22-9-7-14(3)8-10-22/h5-6,11,13-15,17H,7-10,12H2,1-4H3,(H,20,24)(H,21,23)/t15-,17+/m1/s1. The quantitative estimate of drug-likeness (QED) is 0.792. The molecule has 0 unspecified atom stereocenters. The van der Waals surface area contributed by atoms with Crippen molar-refractivity contribution < 1.29 is 14.0 Å². The van der Waals surface area contributed by atoms with E-state index in [0.717, 1.165) is 19.0 Å². The van der Waals surface area contributed by atoms with E-state index in [0.29, 0.717) is 12.6 Å². The molecule has 2 heterocycles. The molecular formula is C19H31N3O3. The summed E-state index contributed by atoms with van der Waals surface area (Å²) in [6.07, 6.45) is 3.87. The van der Waals surface area contributed by atoms with Crippen molar-refractivity contribution in [2.24, 2.45) is 11.8 Å². The highest BCUT2D eigenvalue weighted by Gasteiger charge is 2.27. The molecule has 1 aromatic rings. The van der Waals surface area contributed by atoms with Crippen molar-refractivity contribution in [3.63, 3.8) is 0 Å². The van der Waals surface area contributed by atoms with Crippen molar-refractivity contribution in [3.05, 3.63) is 24.2 Å². The zero-order valence-corrected chi connectivity index (χ0v) is 15.7. The maximum absolute atomic E-state index is 12.6. The third-order valence-corrected chi connectivity index (χ3v) is 4.99. The highest BCUT2D eigenvalue weighted by atomic mass is 16.3. The molecule has 1 aromatic heterocycles. The number of carbonyl (C=O) groups excluding carboxylic acids is 2. The van der Waals surface area contributed by atoms with E-state index in [1.54, 1.807) is 12.1 Å². The molecule has 6 nitrogen and oxygen atoms in total. The van der Waals surface area contributed by atoms with Gasteiger partial charge in [0.1, 0.15) is 6.04 Å².